The number of ether oxygens (including phenoxy) is 1. The number of unbranched alkanes of at least 4 members (excludes halogenated alkanes) is 1. The molecule has 0 aromatic rings. The topological polar surface area (TPSA) is 45.7 Å². The molecule has 0 saturated carbocycles. The summed E-state index contributed by atoms with van der Waals surface area (Å²) in [7, 11) is 0. The number of nitrogens with one attached hydrogen (secondary N) is 2. The summed E-state index contributed by atoms with van der Waals surface area (Å²) < 4.78 is 5.74. The Kier molecular flexibility index (Phi) is 12.1. The number of hydrogen-bond acceptors (Lipinski definition) is 3. The number of nitrogens with zero attached hydrogens (tertiary/aromatic N) is 1. The van der Waals surface area contributed by atoms with Crippen molar-refractivity contribution in [3.63, 3.8) is 0 Å². The van der Waals surface area contributed by atoms with Crippen LogP contribution in [0.4, 0.5) is 0 Å². The first-order valence-corrected chi connectivity index (χ1v) is 8.64. The zero-order valence-electron chi connectivity index (χ0n) is 13.0. The zero-order chi connectivity index (χ0) is 14.0. The fourth-order valence-corrected chi connectivity index (χ4v) is 2.89. The van der Waals surface area contributed by atoms with Crippen LogP contribution in [0.3, 0.4) is 0 Å². The van der Waals surface area contributed by atoms with Crippen LogP contribution in [-0.4, -0.2) is 49.8 Å². The maximum Gasteiger partial charge on any atom is 0.191 e. The summed E-state index contributed by atoms with van der Waals surface area (Å²) in [5, 5.41) is 6.72. The summed E-state index contributed by atoms with van der Waals surface area (Å²) in [5.74, 6) is 0.955. The third-order valence-corrected chi connectivity index (χ3v) is 4.93. The van der Waals surface area contributed by atoms with Gasteiger partial charge in [0.2, 0.25) is 0 Å². The molecule has 0 spiro atoms. The summed E-state index contributed by atoms with van der Waals surface area (Å²) >= 11 is 1.94. The van der Waals surface area contributed by atoms with Gasteiger partial charge >= 0.3 is 0 Å². The minimum Gasteiger partial charge on any atom is -0.381 e. The molecular weight excluding hydrogens is 385 g/mol. The Balaban J connectivity index is 0.00000361. The second kappa shape index (κ2) is 11.9. The van der Waals surface area contributed by atoms with E-state index < -0.39 is 0 Å². The first kappa shape index (κ1) is 20.3. The van der Waals surface area contributed by atoms with Gasteiger partial charge in [0.25, 0.3) is 0 Å². The van der Waals surface area contributed by atoms with Crippen molar-refractivity contribution in [3.05, 3.63) is 0 Å². The summed E-state index contributed by atoms with van der Waals surface area (Å²) in [5.41, 5.74) is 0. The molecule has 1 heterocycles. The third-order valence-electron chi connectivity index (χ3n) is 3.53. The second-order valence-electron chi connectivity index (χ2n) is 4.98. The van der Waals surface area contributed by atoms with Crippen LogP contribution in [0.5, 0.6) is 0 Å². The lowest BCUT2D eigenvalue weighted by atomic mass is 9.99. The van der Waals surface area contributed by atoms with Crippen LogP contribution >= 0.6 is 35.7 Å². The van der Waals surface area contributed by atoms with E-state index in [-0.39, 0.29) is 28.7 Å². The van der Waals surface area contributed by atoms with E-state index >= 15 is 0 Å². The number of thioether (sulfide) groups is 1. The smallest absolute Gasteiger partial charge is 0.191 e. The lowest BCUT2D eigenvalue weighted by Crippen LogP contribution is -2.41. The highest BCUT2D eigenvalue weighted by Gasteiger charge is 2.31. The van der Waals surface area contributed by atoms with Crippen molar-refractivity contribution in [1.82, 2.24) is 10.6 Å². The Morgan fingerprint density at radius 2 is 1.95 bits per heavy atom. The Labute approximate surface area is 145 Å². The minimum absolute atomic E-state index is 0. The Morgan fingerprint density at radius 3 is 2.50 bits per heavy atom. The molecular formula is C14H30IN3OS. The van der Waals surface area contributed by atoms with Crippen molar-refractivity contribution in [1.29, 1.82) is 0 Å². The molecule has 0 aromatic heterocycles. The first-order chi connectivity index (χ1) is 9.26. The summed E-state index contributed by atoms with van der Waals surface area (Å²) in [4.78, 5) is 4.77. The molecule has 0 aliphatic carbocycles. The molecule has 0 radical (unpaired) electrons. The van der Waals surface area contributed by atoms with Gasteiger partial charge in [-0.1, -0.05) is 13.3 Å². The molecule has 1 fully saturated rings. The van der Waals surface area contributed by atoms with Gasteiger partial charge in [0, 0.05) is 31.1 Å². The quantitative estimate of drug-likeness (QED) is 0.291. The van der Waals surface area contributed by atoms with Gasteiger partial charge in [0.05, 0.1) is 6.54 Å². The highest BCUT2D eigenvalue weighted by Crippen LogP contribution is 2.33. The number of rotatable bonds is 7. The Hall–Kier alpha value is 0.310. The predicted octanol–water partition coefficient (Wildman–Crippen LogP) is 2.87. The molecule has 20 heavy (non-hydrogen) atoms. The molecule has 0 unspecified atom stereocenters. The first-order valence-electron chi connectivity index (χ1n) is 7.41. The maximum atomic E-state index is 5.47. The number of guanidine groups is 1. The van der Waals surface area contributed by atoms with Crippen LogP contribution in [0.15, 0.2) is 4.99 Å². The normalized spacial score (nSPS) is 18.2. The highest BCUT2D eigenvalue weighted by atomic mass is 127. The van der Waals surface area contributed by atoms with E-state index in [2.05, 4.69) is 30.7 Å². The van der Waals surface area contributed by atoms with Gasteiger partial charge in [-0.05, 0) is 32.4 Å². The molecule has 0 aromatic carbocycles. The lowest BCUT2D eigenvalue weighted by Gasteiger charge is -2.34. The van der Waals surface area contributed by atoms with Gasteiger partial charge in [0.1, 0.15) is 0 Å². The second-order valence-corrected chi connectivity index (χ2v) is 6.25. The fourth-order valence-electron chi connectivity index (χ4n) is 2.12. The van der Waals surface area contributed by atoms with E-state index in [4.69, 9.17) is 9.73 Å². The number of aliphatic imine (C=N–C) groups is 1. The van der Waals surface area contributed by atoms with E-state index in [9.17, 15) is 0 Å². The molecule has 0 amide bonds. The fraction of sp³-hybridized carbons (Fsp3) is 0.929. The summed E-state index contributed by atoms with van der Waals surface area (Å²) in [6, 6.07) is 0. The predicted molar refractivity (Wildman–Crippen MR) is 101 cm³/mol. The van der Waals surface area contributed by atoms with Crippen molar-refractivity contribution in [3.8, 4) is 0 Å². The SMILES string of the molecule is CCCCNC(=NCC1(SC)CCOCC1)NCC.I. The van der Waals surface area contributed by atoms with E-state index in [1.807, 2.05) is 11.8 Å². The number of hydrogen-bond donors (Lipinski definition) is 2. The van der Waals surface area contributed by atoms with Gasteiger partial charge < -0.3 is 15.4 Å². The molecule has 1 saturated heterocycles. The van der Waals surface area contributed by atoms with Crippen LogP contribution in [0.25, 0.3) is 0 Å². The molecule has 6 heteroatoms. The average Bonchev–Trinajstić information content (AvgIpc) is 2.46. The molecule has 1 aliphatic heterocycles. The van der Waals surface area contributed by atoms with Crippen LogP contribution in [0, 0.1) is 0 Å². The van der Waals surface area contributed by atoms with Crippen molar-refractivity contribution in [2.75, 3.05) is 39.1 Å². The van der Waals surface area contributed by atoms with Gasteiger partial charge in [-0.25, -0.2) is 0 Å². The van der Waals surface area contributed by atoms with Crippen LogP contribution in [-0.2, 0) is 4.74 Å². The van der Waals surface area contributed by atoms with Crippen molar-refractivity contribution >= 4 is 41.7 Å². The zero-order valence-corrected chi connectivity index (χ0v) is 16.2. The monoisotopic (exact) mass is 415 g/mol. The Morgan fingerprint density at radius 1 is 1.25 bits per heavy atom. The van der Waals surface area contributed by atoms with E-state index in [0.717, 1.165) is 51.6 Å². The van der Waals surface area contributed by atoms with Crippen LogP contribution in [0.1, 0.15) is 39.5 Å². The number of halogens is 1. The van der Waals surface area contributed by atoms with Gasteiger partial charge in [-0.3, -0.25) is 4.99 Å². The van der Waals surface area contributed by atoms with Crippen LogP contribution in [0.2, 0.25) is 0 Å². The molecule has 1 rings (SSSR count). The van der Waals surface area contributed by atoms with E-state index in [0.29, 0.717) is 0 Å². The van der Waals surface area contributed by atoms with Gasteiger partial charge in [0.15, 0.2) is 5.96 Å². The standard InChI is InChI=1S/C14H29N3OS.HI/c1-4-6-9-16-13(15-5-2)17-12-14(19-3)7-10-18-11-8-14;/h4-12H2,1-3H3,(H2,15,16,17);1H. The third kappa shape index (κ3) is 7.36. The van der Waals surface area contributed by atoms with E-state index in [1.54, 1.807) is 0 Å². The van der Waals surface area contributed by atoms with E-state index in [1.165, 1.54) is 12.8 Å². The van der Waals surface area contributed by atoms with Crippen molar-refractivity contribution < 1.29 is 4.74 Å². The minimum atomic E-state index is 0. The molecule has 2 N–H and O–H groups in total. The molecule has 120 valence electrons. The molecule has 1 aliphatic rings. The molecule has 4 nitrogen and oxygen atoms in total. The van der Waals surface area contributed by atoms with Crippen molar-refractivity contribution in [2.24, 2.45) is 4.99 Å². The van der Waals surface area contributed by atoms with Gasteiger partial charge in [-0.15, -0.1) is 24.0 Å². The Bertz CT molecular complexity index is 271. The summed E-state index contributed by atoms with van der Waals surface area (Å²) in [6.07, 6.45) is 6.79. The average molecular weight is 415 g/mol. The molecule has 0 atom stereocenters. The van der Waals surface area contributed by atoms with Gasteiger partial charge in [-0.2, -0.15) is 11.8 Å². The highest BCUT2D eigenvalue weighted by molar-refractivity contribution is 14.0. The molecule has 0 bridgehead atoms. The maximum absolute atomic E-state index is 5.47. The largest absolute Gasteiger partial charge is 0.381 e. The lowest BCUT2D eigenvalue weighted by molar-refractivity contribution is 0.0794. The van der Waals surface area contributed by atoms with Crippen molar-refractivity contribution in [2.45, 2.75) is 44.3 Å². The van der Waals surface area contributed by atoms with Crippen LogP contribution < -0.4 is 10.6 Å². The summed E-state index contributed by atoms with van der Waals surface area (Å²) in [6.45, 7) is 8.84.